The maximum atomic E-state index is 12.5. The molecule has 6 nitrogen and oxygen atoms in total. The first-order valence-corrected chi connectivity index (χ1v) is 8.98. The molecule has 2 aromatic carbocycles. The lowest BCUT2D eigenvalue weighted by molar-refractivity contribution is -0.153. The molecule has 2 heterocycles. The maximum absolute atomic E-state index is 12.5. The van der Waals surface area contributed by atoms with E-state index in [9.17, 15) is 9.59 Å². The molecule has 1 atom stereocenters. The van der Waals surface area contributed by atoms with E-state index in [0.717, 1.165) is 15.2 Å². The Morgan fingerprint density at radius 3 is 2.81 bits per heavy atom. The standard InChI is InChI=1S/C19H16N2O4S/c1-12(22)21-10-16(25-15-8-4-3-7-14(15)21)19(23)24-11-18-20-13-6-2-5-9-17(13)26-18/h2-9,16H,10-11H2,1H3. The van der Waals surface area contributed by atoms with Crippen LogP contribution in [-0.2, 0) is 20.9 Å². The topological polar surface area (TPSA) is 68.7 Å². The number of anilines is 1. The van der Waals surface area contributed by atoms with Gasteiger partial charge in [0, 0.05) is 6.92 Å². The maximum Gasteiger partial charge on any atom is 0.349 e. The van der Waals surface area contributed by atoms with Crippen LogP contribution in [0.4, 0.5) is 5.69 Å². The fourth-order valence-electron chi connectivity index (χ4n) is 2.86. The number of fused-ring (bicyclic) bond motifs is 2. The van der Waals surface area contributed by atoms with Gasteiger partial charge in [-0.25, -0.2) is 9.78 Å². The molecule has 4 rings (SSSR count). The molecule has 0 bridgehead atoms. The zero-order chi connectivity index (χ0) is 18.1. The second kappa shape index (κ2) is 6.76. The number of carbonyl (C=O) groups excluding carboxylic acids is 2. The number of aromatic nitrogens is 1. The van der Waals surface area contributed by atoms with Gasteiger partial charge in [0.15, 0.2) is 0 Å². The average molecular weight is 368 g/mol. The highest BCUT2D eigenvalue weighted by molar-refractivity contribution is 7.18. The summed E-state index contributed by atoms with van der Waals surface area (Å²) in [7, 11) is 0. The first kappa shape index (κ1) is 16.5. The molecule has 132 valence electrons. The van der Waals surface area contributed by atoms with E-state index in [2.05, 4.69) is 4.98 Å². The molecule has 0 saturated heterocycles. The van der Waals surface area contributed by atoms with Gasteiger partial charge >= 0.3 is 5.97 Å². The van der Waals surface area contributed by atoms with Crippen molar-refractivity contribution in [1.82, 2.24) is 4.98 Å². The molecule has 0 saturated carbocycles. The molecular formula is C19H16N2O4S. The Balaban J connectivity index is 1.47. The van der Waals surface area contributed by atoms with Crippen LogP contribution < -0.4 is 9.64 Å². The lowest BCUT2D eigenvalue weighted by Gasteiger charge is -2.33. The number of nitrogens with zero attached hydrogens (tertiary/aromatic N) is 2. The Morgan fingerprint density at radius 1 is 1.23 bits per heavy atom. The summed E-state index contributed by atoms with van der Waals surface area (Å²) in [4.78, 5) is 30.3. The summed E-state index contributed by atoms with van der Waals surface area (Å²) in [5, 5.41) is 0.721. The molecule has 0 radical (unpaired) electrons. The summed E-state index contributed by atoms with van der Waals surface area (Å²) in [6.07, 6.45) is -0.858. The van der Waals surface area contributed by atoms with E-state index in [1.165, 1.54) is 23.2 Å². The van der Waals surface area contributed by atoms with Gasteiger partial charge < -0.3 is 14.4 Å². The molecule has 1 amide bonds. The number of hydrogen-bond donors (Lipinski definition) is 0. The minimum absolute atomic E-state index is 0.0831. The zero-order valence-electron chi connectivity index (χ0n) is 14.0. The van der Waals surface area contributed by atoms with Gasteiger partial charge in [-0.15, -0.1) is 11.3 Å². The summed E-state index contributed by atoms with van der Waals surface area (Å²) >= 11 is 1.49. The SMILES string of the molecule is CC(=O)N1CC(C(=O)OCc2nc3ccccc3s2)Oc2ccccc21. The van der Waals surface area contributed by atoms with Gasteiger partial charge in [0.2, 0.25) is 12.0 Å². The summed E-state index contributed by atoms with van der Waals surface area (Å²) < 4.78 is 12.2. The third kappa shape index (κ3) is 3.13. The second-order valence-electron chi connectivity index (χ2n) is 5.89. The van der Waals surface area contributed by atoms with E-state index in [4.69, 9.17) is 9.47 Å². The van der Waals surface area contributed by atoms with E-state index in [0.29, 0.717) is 11.4 Å². The van der Waals surface area contributed by atoms with Crippen molar-refractivity contribution in [1.29, 1.82) is 0 Å². The molecule has 0 spiro atoms. The monoisotopic (exact) mass is 368 g/mol. The van der Waals surface area contributed by atoms with Crippen molar-refractivity contribution in [3.8, 4) is 5.75 Å². The Hall–Kier alpha value is -2.93. The van der Waals surface area contributed by atoms with Gasteiger partial charge in [0.05, 0.1) is 22.4 Å². The van der Waals surface area contributed by atoms with Crippen molar-refractivity contribution >= 4 is 39.1 Å². The molecule has 1 aliphatic rings. The van der Waals surface area contributed by atoms with E-state index in [-0.39, 0.29) is 19.1 Å². The number of hydrogen-bond acceptors (Lipinski definition) is 6. The minimum atomic E-state index is -0.858. The smallest absolute Gasteiger partial charge is 0.349 e. The van der Waals surface area contributed by atoms with Crippen LogP contribution in [-0.4, -0.2) is 29.5 Å². The Kier molecular flexibility index (Phi) is 4.30. The number of benzene rings is 2. The molecule has 7 heteroatoms. The summed E-state index contributed by atoms with van der Waals surface area (Å²) in [5.41, 5.74) is 1.55. The number of ether oxygens (including phenoxy) is 2. The number of esters is 1. The van der Waals surface area contributed by atoms with Gasteiger partial charge in [-0.2, -0.15) is 0 Å². The molecule has 3 aromatic rings. The van der Waals surface area contributed by atoms with E-state index < -0.39 is 12.1 Å². The van der Waals surface area contributed by atoms with Crippen molar-refractivity contribution < 1.29 is 19.1 Å². The van der Waals surface area contributed by atoms with Crippen LogP contribution in [0.1, 0.15) is 11.9 Å². The number of rotatable bonds is 3. The van der Waals surface area contributed by atoms with Crippen LogP contribution in [0.3, 0.4) is 0 Å². The fraction of sp³-hybridized carbons (Fsp3) is 0.211. The average Bonchev–Trinajstić information content (AvgIpc) is 3.08. The van der Waals surface area contributed by atoms with Crippen molar-refractivity contribution in [2.45, 2.75) is 19.6 Å². The lowest BCUT2D eigenvalue weighted by Crippen LogP contribution is -2.47. The lowest BCUT2D eigenvalue weighted by atomic mass is 10.2. The Labute approximate surface area is 154 Å². The predicted octanol–water partition coefficient (Wildman–Crippen LogP) is 3.15. The first-order chi connectivity index (χ1) is 12.6. The van der Waals surface area contributed by atoms with Crippen molar-refractivity contribution in [2.75, 3.05) is 11.4 Å². The summed E-state index contributed by atoms with van der Waals surface area (Å²) in [5.74, 6) is -0.161. The van der Waals surface area contributed by atoms with Gasteiger partial charge in [0.25, 0.3) is 0 Å². The molecule has 0 N–H and O–H groups in total. The van der Waals surface area contributed by atoms with Crippen LogP contribution in [0.15, 0.2) is 48.5 Å². The number of carbonyl (C=O) groups is 2. The molecule has 1 aromatic heterocycles. The van der Waals surface area contributed by atoms with Gasteiger partial charge in [0.1, 0.15) is 17.4 Å². The highest BCUT2D eigenvalue weighted by Crippen LogP contribution is 2.33. The third-order valence-electron chi connectivity index (χ3n) is 4.09. The molecule has 1 unspecified atom stereocenters. The largest absolute Gasteiger partial charge is 0.475 e. The summed E-state index contributed by atoms with van der Waals surface area (Å²) in [6.45, 7) is 1.68. The zero-order valence-corrected chi connectivity index (χ0v) is 14.9. The Morgan fingerprint density at radius 2 is 2.00 bits per heavy atom. The quantitative estimate of drug-likeness (QED) is 0.664. The molecule has 1 aliphatic heterocycles. The van der Waals surface area contributed by atoms with Crippen molar-refractivity contribution in [2.24, 2.45) is 0 Å². The first-order valence-electron chi connectivity index (χ1n) is 8.16. The van der Waals surface area contributed by atoms with Gasteiger partial charge in [-0.05, 0) is 24.3 Å². The molecule has 0 fully saturated rings. The Bertz CT molecular complexity index is 951. The van der Waals surface area contributed by atoms with Crippen molar-refractivity contribution in [3.05, 3.63) is 53.5 Å². The minimum Gasteiger partial charge on any atom is -0.475 e. The van der Waals surface area contributed by atoms with E-state index >= 15 is 0 Å². The van der Waals surface area contributed by atoms with Crippen LogP contribution in [0, 0.1) is 0 Å². The number of para-hydroxylation sites is 3. The third-order valence-corrected chi connectivity index (χ3v) is 5.10. The van der Waals surface area contributed by atoms with Gasteiger partial charge in [-0.3, -0.25) is 4.79 Å². The highest BCUT2D eigenvalue weighted by Gasteiger charge is 2.33. The van der Waals surface area contributed by atoms with Gasteiger partial charge in [-0.1, -0.05) is 24.3 Å². The highest BCUT2D eigenvalue weighted by atomic mass is 32.1. The van der Waals surface area contributed by atoms with E-state index in [1.807, 2.05) is 30.3 Å². The number of amides is 1. The molecular weight excluding hydrogens is 352 g/mol. The summed E-state index contributed by atoms with van der Waals surface area (Å²) in [6, 6.07) is 14.9. The van der Waals surface area contributed by atoms with Crippen LogP contribution >= 0.6 is 11.3 Å². The van der Waals surface area contributed by atoms with E-state index in [1.54, 1.807) is 18.2 Å². The fourth-order valence-corrected chi connectivity index (χ4v) is 3.74. The molecule has 26 heavy (non-hydrogen) atoms. The van der Waals surface area contributed by atoms with Crippen LogP contribution in [0.5, 0.6) is 5.75 Å². The normalized spacial score (nSPS) is 16.0. The predicted molar refractivity (Wildman–Crippen MR) is 98.3 cm³/mol. The molecule has 0 aliphatic carbocycles. The second-order valence-corrected chi connectivity index (χ2v) is 7.00. The van der Waals surface area contributed by atoms with Crippen LogP contribution in [0.2, 0.25) is 0 Å². The van der Waals surface area contributed by atoms with Crippen LogP contribution in [0.25, 0.3) is 10.2 Å². The number of thiazole rings is 1. The van der Waals surface area contributed by atoms with Crippen molar-refractivity contribution in [3.63, 3.8) is 0 Å².